The van der Waals surface area contributed by atoms with E-state index in [9.17, 15) is 14.4 Å². The molecular weight excluding hydrogens is 520 g/mol. The Morgan fingerprint density at radius 2 is 1.85 bits per heavy atom. The van der Waals surface area contributed by atoms with Gasteiger partial charge in [-0.25, -0.2) is 9.79 Å². The topological polar surface area (TPSA) is 105 Å². The van der Waals surface area contributed by atoms with E-state index in [1.54, 1.807) is 62.6 Å². The lowest BCUT2D eigenvalue weighted by Crippen LogP contribution is -2.40. The van der Waals surface area contributed by atoms with Gasteiger partial charge in [-0.05, 0) is 43.7 Å². The number of carbonyl (C=O) groups excluding carboxylic acids is 2. The molecule has 9 nitrogen and oxygen atoms in total. The first kappa shape index (κ1) is 27.8. The fourth-order valence-electron chi connectivity index (χ4n) is 4.46. The van der Waals surface area contributed by atoms with Gasteiger partial charge in [0.05, 0.1) is 36.6 Å². The molecule has 3 aromatic rings. The molecule has 10 heteroatoms. The summed E-state index contributed by atoms with van der Waals surface area (Å²) in [6.45, 7) is 5.21. The number of hydrogen-bond acceptors (Lipinski definition) is 9. The first-order valence-corrected chi connectivity index (χ1v) is 13.4. The summed E-state index contributed by atoms with van der Waals surface area (Å²) in [4.78, 5) is 44.2. The van der Waals surface area contributed by atoms with E-state index in [1.165, 1.54) is 29.9 Å². The van der Waals surface area contributed by atoms with Gasteiger partial charge in [-0.3, -0.25) is 14.2 Å². The second kappa shape index (κ2) is 12.1. The zero-order chi connectivity index (χ0) is 28.1. The van der Waals surface area contributed by atoms with Gasteiger partial charge in [-0.15, -0.1) is 0 Å². The van der Waals surface area contributed by atoms with Gasteiger partial charge in [0.1, 0.15) is 23.3 Å². The molecule has 0 saturated heterocycles. The summed E-state index contributed by atoms with van der Waals surface area (Å²) in [5, 5.41) is 0. The Balaban J connectivity index is 2.05. The first-order chi connectivity index (χ1) is 18.8. The van der Waals surface area contributed by atoms with Crippen LogP contribution in [0.5, 0.6) is 17.2 Å². The van der Waals surface area contributed by atoms with Gasteiger partial charge in [0.15, 0.2) is 4.80 Å². The molecule has 0 fully saturated rings. The summed E-state index contributed by atoms with van der Waals surface area (Å²) in [5.41, 5.74) is 1.61. The van der Waals surface area contributed by atoms with E-state index in [-0.39, 0.29) is 17.7 Å². The van der Waals surface area contributed by atoms with Gasteiger partial charge in [0.2, 0.25) is 0 Å². The van der Waals surface area contributed by atoms with Gasteiger partial charge < -0.3 is 18.9 Å². The zero-order valence-corrected chi connectivity index (χ0v) is 23.3. The number of methoxy groups -OCH3 is 2. The lowest BCUT2D eigenvalue weighted by Gasteiger charge is -2.27. The van der Waals surface area contributed by atoms with Crippen LogP contribution in [0.1, 0.15) is 50.8 Å². The predicted molar refractivity (Wildman–Crippen MR) is 147 cm³/mol. The smallest absolute Gasteiger partial charge is 0.338 e. The van der Waals surface area contributed by atoms with Gasteiger partial charge in [0, 0.05) is 18.1 Å². The molecule has 4 rings (SSSR count). The molecule has 0 radical (unpaired) electrons. The Kier molecular flexibility index (Phi) is 8.65. The maximum Gasteiger partial charge on any atom is 0.338 e. The number of hydrogen-bond donors (Lipinski definition) is 0. The van der Waals surface area contributed by atoms with Crippen LogP contribution in [0.25, 0.3) is 6.08 Å². The largest absolute Gasteiger partial charge is 0.497 e. The molecule has 0 bridgehead atoms. The van der Waals surface area contributed by atoms with Crippen molar-refractivity contribution >= 4 is 29.4 Å². The van der Waals surface area contributed by atoms with E-state index in [1.807, 2.05) is 6.92 Å². The molecule has 0 amide bonds. The van der Waals surface area contributed by atoms with Crippen LogP contribution in [-0.2, 0) is 14.3 Å². The summed E-state index contributed by atoms with van der Waals surface area (Å²) in [6, 6.07) is 11.3. The molecule has 0 unspecified atom stereocenters. The lowest BCUT2D eigenvalue weighted by atomic mass is 9.93. The molecule has 2 heterocycles. The van der Waals surface area contributed by atoms with Crippen LogP contribution in [0.15, 0.2) is 63.5 Å². The Morgan fingerprint density at radius 3 is 2.51 bits per heavy atom. The average Bonchev–Trinajstić information content (AvgIpc) is 3.23. The SMILES string of the molecule is CCCC1=C(C(=O)OCC)[C@H](c2cc(OC)ccc2OC)n2c(sc(=Cc3ccccc3OC(C)=O)c2=O)=N1. The molecule has 0 aliphatic carbocycles. The van der Waals surface area contributed by atoms with Crippen molar-refractivity contribution in [2.24, 2.45) is 4.99 Å². The van der Waals surface area contributed by atoms with Crippen molar-refractivity contribution in [3.05, 3.63) is 84.5 Å². The number of thiazole rings is 1. The van der Waals surface area contributed by atoms with Crippen molar-refractivity contribution in [3.8, 4) is 17.2 Å². The van der Waals surface area contributed by atoms with Gasteiger partial charge in [-0.1, -0.05) is 42.9 Å². The molecule has 0 saturated carbocycles. The maximum atomic E-state index is 14.0. The van der Waals surface area contributed by atoms with E-state index in [4.69, 9.17) is 23.9 Å². The second-order valence-electron chi connectivity index (χ2n) is 8.65. The van der Waals surface area contributed by atoms with Crippen molar-refractivity contribution in [3.63, 3.8) is 0 Å². The number of fused-ring (bicyclic) bond motifs is 1. The zero-order valence-electron chi connectivity index (χ0n) is 22.5. The van der Waals surface area contributed by atoms with Crippen LogP contribution in [0.2, 0.25) is 0 Å². The highest BCUT2D eigenvalue weighted by Crippen LogP contribution is 2.38. The van der Waals surface area contributed by atoms with Crippen LogP contribution in [0.3, 0.4) is 0 Å². The van der Waals surface area contributed by atoms with E-state index in [2.05, 4.69) is 0 Å². The molecule has 0 N–H and O–H groups in total. The summed E-state index contributed by atoms with van der Waals surface area (Å²) < 4.78 is 23.8. The van der Waals surface area contributed by atoms with Crippen molar-refractivity contribution < 1.29 is 28.5 Å². The number of allylic oxidation sites excluding steroid dienone is 1. The van der Waals surface area contributed by atoms with Crippen molar-refractivity contribution in [1.82, 2.24) is 4.57 Å². The van der Waals surface area contributed by atoms with Gasteiger partial charge in [0.25, 0.3) is 5.56 Å². The van der Waals surface area contributed by atoms with Crippen LogP contribution >= 0.6 is 11.3 Å². The number of ether oxygens (including phenoxy) is 4. The number of rotatable bonds is 9. The third kappa shape index (κ3) is 5.65. The van der Waals surface area contributed by atoms with Crippen molar-refractivity contribution in [2.45, 2.75) is 39.7 Å². The Labute approximate surface area is 229 Å². The molecule has 2 aromatic carbocycles. The lowest BCUT2D eigenvalue weighted by molar-refractivity contribution is -0.139. The molecule has 1 aromatic heterocycles. The average molecular weight is 551 g/mol. The molecule has 204 valence electrons. The molecule has 1 aliphatic rings. The quantitative estimate of drug-likeness (QED) is 0.297. The second-order valence-corrected chi connectivity index (χ2v) is 9.66. The van der Waals surface area contributed by atoms with E-state index < -0.39 is 18.0 Å². The summed E-state index contributed by atoms with van der Waals surface area (Å²) in [6.07, 6.45) is 2.90. The Hall–Kier alpha value is -4.18. The van der Waals surface area contributed by atoms with Crippen molar-refractivity contribution in [1.29, 1.82) is 0 Å². The van der Waals surface area contributed by atoms with Gasteiger partial charge >= 0.3 is 11.9 Å². The fraction of sp³-hybridized carbons (Fsp3) is 0.310. The number of para-hydroxylation sites is 1. The van der Waals surface area contributed by atoms with Crippen LogP contribution < -0.4 is 29.1 Å². The van der Waals surface area contributed by atoms with Crippen molar-refractivity contribution in [2.75, 3.05) is 20.8 Å². The fourth-order valence-corrected chi connectivity index (χ4v) is 5.47. The molecule has 1 aliphatic heterocycles. The van der Waals surface area contributed by atoms with E-state index in [0.29, 0.717) is 49.8 Å². The summed E-state index contributed by atoms with van der Waals surface area (Å²) in [7, 11) is 3.07. The normalized spacial score (nSPS) is 14.9. The highest BCUT2D eigenvalue weighted by Gasteiger charge is 2.36. The molecule has 39 heavy (non-hydrogen) atoms. The minimum Gasteiger partial charge on any atom is -0.497 e. The van der Waals surface area contributed by atoms with Crippen LogP contribution in [0, 0.1) is 0 Å². The highest BCUT2D eigenvalue weighted by atomic mass is 32.1. The number of benzene rings is 2. The minimum atomic E-state index is -0.863. The van der Waals surface area contributed by atoms with Crippen LogP contribution in [0.4, 0.5) is 0 Å². The van der Waals surface area contributed by atoms with Crippen LogP contribution in [-0.4, -0.2) is 37.3 Å². The number of esters is 2. The monoisotopic (exact) mass is 550 g/mol. The maximum absolute atomic E-state index is 14.0. The van der Waals surface area contributed by atoms with Gasteiger partial charge in [-0.2, -0.15) is 0 Å². The predicted octanol–water partition coefficient (Wildman–Crippen LogP) is 3.52. The highest BCUT2D eigenvalue weighted by molar-refractivity contribution is 7.07. The Bertz CT molecular complexity index is 1620. The molecule has 1 atom stereocenters. The minimum absolute atomic E-state index is 0.168. The number of carbonyl (C=O) groups is 2. The first-order valence-electron chi connectivity index (χ1n) is 12.5. The number of nitrogens with zero attached hydrogens (tertiary/aromatic N) is 2. The van der Waals surface area contributed by atoms with E-state index >= 15 is 0 Å². The summed E-state index contributed by atoms with van der Waals surface area (Å²) in [5.74, 6) is 0.344. The molecule has 0 spiro atoms. The standard InChI is InChI=1S/C29H30N2O7S/c1-6-10-21-25(28(34)37-7-2)26(20-16-19(35-4)13-14-23(20)36-5)31-27(33)24(39-29(31)30-21)15-18-11-8-9-12-22(18)38-17(3)32/h8-9,11-16,26H,6-7,10H2,1-5H3/t26-/m0/s1. The molecular formula is C29H30N2O7S. The summed E-state index contributed by atoms with van der Waals surface area (Å²) >= 11 is 1.19. The third-order valence-electron chi connectivity index (χ3n) is 6.08. The number of aromatic nitrogens is 1. The third-order valence-corrected chi connectivity index (χ3v) is 7.07. The Morgan fingerprint density at radius 1 is 1.08 bits per heavy atom. The van der Waals surface area contributed by atoms with E-state index in [0.717, 1.165) is 6.42 Å².